The van der Waals surface area contributed by atoms with E-state index in [4.69, 9.17) is 4.42 Å². The molecule has 9 heavy (non-hydrogen) atoms. The molecule has 47 valence electrons. The van der Waals surface area contributed by atoms with Crippen LogP contribution in [-0.2, 0) is 0 Å². The van der Waals surface area contributed by atoms with Crippen LogP contribution in [0.15, 0.2) is 22.8 Å². The molecule has 0 amide bonds. The molecule has 0 N–H and O–H groups in total. The number of hydrogen-bond donors (Lipinski definition) is 0. The largest absolute Gasteiger partial charge is 0.461 e. The summed E-state index contributed by atoms with van der Waals surface area (Å²) in [5.74, 6) is 0.338. The fourth-order valence-corrected chi connectivity index (χ4v) is 0.560. The van der Waals surface area contributed by atoms with E-state index in [0.29, 0.717) is 5.76 Å². The van der Waals surface area contributed by atoms with Gasteiger partial charge in [0.05, 0.1) is 6.26 Å². The summed E-state index contributed by atoms with van der Waals surface area (Å²) in [7, 11) is 0. The third kappa shape index (κ3) is 1.19. The van der Waals surface area contributed by atoms with Crippen molar-refractivity contribution < 1.29 is 9.21 Å². The van der Waals surface area contributed by atoms with E-state index < -0.39 is 0 Å². The number of Topliss-reactive ketones (excluding diaryl/α,β-unsaturated/α-hetero) is 1. The standard InChI is InChI=1S/C7H7O2/c1-2-6(8)7-4-3-5-9-7/h3-5H,1-2H2. The van der Waals surface area contributed by atoms with E-state index in [-0.39, 0.29) is 12.2 Å². The normalized spacial score (nSPS) is 9.44. The SMILES string of the molecule is [CH2]CC(=O)c1ccco1. The van der Waals surface area contributed by atoms with Gasteiger partial charge in [-0.25, -0.2) is 0 Å². The molecule has 0 saturated heterocycles. The molecule has 2 nitrogen and oxygen atoms in total. The molecule has 1 heterocycles. The first-order valence-electron chi connectivity index (χ1n) is 2.70. The van der Waals surface area contributed by atoms with Gasteiger partial charge < -0.3 is 4.42 Å². The second-order valence-corrected chi connectivity index (χ2v) is 1.65. The van der Waals surface area contributed by atoms with E-state index in [1.54, 1.807) is 12.1 Å². The van der Waals surface area contributed by atoms with Crippen LogP contribution in [0.25, 0.3) is 0 Å². The number of rotatable bonds is 2. The Bertz CT molecular complexity index is 187. The molecule has 0 atom stereocenters. The molecule has 0 bridgehead atoms. The number of furan rings is 1. The topological polar surface area (TPSA) is 30.2 Å². The third-order valence-corrected chi connectivity index (χ3v) is 1.02. The molecule has 0 saturated carbocycles. The predicted molar refractivity (Wildman–Crippen MR) is 33.0 cm³/mol. The highest BCUT2D eigenvalue weighted by molar-refractivity contribution is 5.93. The zero-order chi connectivity index (χ0) is 6.69. The van der Waals surface area contributed by atoms with E-state index in [2.05, 4.69) is 6.92 Å². The average Bonchev–Trinajstić information content (AvgIpc) is 2.37. The first kappa shape index (κ1) is 6.08. The van der Waals surface area contributed by atoms with Gasteiger partial charge in [-0.05, 0) is 19.1 Å². The Labute approximate surface area is 53.5 Å². The zero-order valence-corrected chi connectivity index (χ0v) is 4.96. The van der Waals surface area contributed by atoms with Gasteiger partial charge in [-0.2, -0.15) is 0 Å². The summed E-state index contributed by atoms with van der Waals surface area (Å²) in [4.78, 5) is 10.7. The van der Waals surface area contributed by atoms with Crippen molar-refractivity contribution >= 4 is 5.78 Å². The Kier molecular flexibility index (Phi) is 1.68. The van der Waals surface area contributed by atoms with Crippen LogP contribution >= 0.6 is 0 Å². The van der Waals surface area contributed by atoms with Gasteiger partial charge in [-0.15, -0.1) is 0 Å². The number of hydrogen-bond acceptors (Lipinski definition) is 2. The lowest BCUT2D eigenvalue weighted by atomic mass is 10.2. The van der Waals surface area contributed by atoms with Crippen LogP contribution in [0.1, 0.15) is 17.0 Å². The monoisotopic (exact) mass is 123 g/mol. The maximum Gasteiger partial charge on any atom is 0.197 e. The Balaban J connectivity index is 2.77. The van der Waals surface area contributed by atoms with Gasteiger partial charge in [-0.1, -0.05) is 0 Å². The molecule has 2 heteroatoms. The third-order valence-electron chi connectivity index (χ3n) is 1.02. The maximum atomic E-state index is 10.7. The summed E-state index contributed by atoms with van der Waals surface area (Å²) in [5.41, 5.74) is 0. The summed E-state index contributed by atoms with van der Waals surface area (Å²) in [5, 5.41) is 0. The minimum atomic E-state index is -0.0556. The molecule has 0 unspecified atom stereocenters. The van der Waals surface area contributed by atoms with Crippen LogP contribution in [0, 0.1) is 6.92 Å². The molecule has 1 radical (unpaired) electrons. The van der Waals surface area contributed by atoms with Crippen LogP contribution < -0.4 is 0 Å². The second-order valence-electron chi connectivity index (χ2n) is 1.65. The molecular formula is C7H7O2. The summed E-state index contributed by atoms with van der Waals surface area (Å²) >= 11 is 0. The van der Waals surface area contributed by atoms with E-state index in [1.165, 1.54) is 6.26 Å². The van der Waals surface area contributed by atoms with Crippen molar-refractivity contribution in [2.24, 2.45) is 0 Å². The summed E-state index contributed by atoms with van der Waals surface area (Å²) < 4.78 is 4.80. The minimum absolute atomic E-state index is 0.0556. The second kappa shape index (κ2) is 2.49. The number of ketones is 1. The lowest BCUT2D eigenvalue weighted by Crippen LogP contribution is -1.92. The molecule has 0 fully saturated rings. The zero-order valence-electron chi connectivity index (χ0n) is 4.96. The molecule has 1 aromatic heterocycles. The van der Waals surface area contributed by atoms with Gasteiger partial charge in [0.1, 0.15) is 0 Å². The van der Waals surface area contributed by atoms with E-state index in [0.717, 1.165) is 0 Å². The number of carbonyl (C=O) groups excluding carboxylic acids is 1. The summed E-state index contributed by atoms with van der Waals surface area (Å²) in [6, 6.07) is 3.32. The van der Waals surface area contributed by atoms with Crippen molar-refractivity contribution in [3.8, 4) is 0 Å². The van der Waals surface area contributed by atoms with E-state index in [1.807, 2.05) is 0 Å². The van der Waals surface area contributed by atoms with E-state index in [9.17, 15) is 4.79 Å². The molecule has 0 aliphatic heterocycles. The van der Waals surface area contributed by atoms with Crippen molar-refractivity contribution in [1.29, 1.82) is 0 Å². The first-order chi connectivity index (χ1) is 4.34. The van der Waals surface area contributed by atoms with Gasteiger partial charge in [0.15, 0.2) is 11.5 Å². The van der Waals surface area contributed by atoms with Gasteiger partial charge in [0.2, 0.25) is 0 Å². The highest BCUT2D eigenvalue weighted by Crippen LogP contribution is 2.02. The number of carbonyl (C=O) groups is 1. The molecule has 1 aromatic rings. The van der Waals surface area contributed by atoms with Crippen molar-refractivity contribution in [2.45, 2.75) is 6.42 Å². The van der Waals surface area contributed by atoms with Gasteiger partial charge in [-0.3, -0.25) is 4.79 Å². The van der Waals surface area contributed by atoms with Gasteiger partial charge in [0, 0.05) is 6.42 Å². The first-order valence-corrected chi connectivity index (χ1v) is 2.70. The van der Waals surface area contributed by atoms with Gasteiger partial charge >= 0.3 is 0 Å². The molecule has 0 aliphatic carbocycles. The van der Waals surface area contributed by atoms with Crippen molar-refractivity contribution in [3.63, 3.8) is 0 Å². The minimum Gasteiger partial charge on any atom is -0.461 e. The predicted octanol–water partition coefficient (Wildman–Crippen LogP) is 1.69. The average molecular weight is 123 g/mol. The van der Waals surface area contributed by atoms with Crippen molar-refractivity contribution in [1.82, 2.24) is 0 Å². The summed E-state index contributed by atoms with van der Waals surface area (Å²) in [6.45, 7) is 3.43. The van der Waals surface area contributed by atoms with E-state index >= 15 is 0 Å². The Morgan fingerprint density at radius 3 is 3.00 bits per heavy atom. The Hall–Kier alpha value is -1.05. The Morgan fingerprint density at radius 1 is 1.78 bits per heavy atom. The lowest BCUT2D eigenvalue weighted by molar-refractivity contribution is 0.0968. The van der Waals surface area contributed by atoms with Crippen molar-refractivity contribution in [2.75, 3.05) is 0 Å². The summed E-state index contributed by atoms with van der Waals surface area (Å²) in [6.07, 6.45) is 1.73. The maximum absolute atomic E-state index is 10.7. The molecule has 1 rings (SSSR count). The van der Waals surface area contributed by atoms with Crippen LogP contribution in [0.2, 0.25) is 0 Å². The molecule has 0 aliphatic rings. The highest BCUT2D eigenvalue weighted by atomic mass is 16.3. The highest BCUT2D eigenvalue weighted by Gasteiger charge is 2.03. The Morgan fingerprint density at radius 2 is 2.56 bits per heavy atom. The van der Waals surface area contributed by atoms with Crippen LogP contribution in [0.3, 0.4) is 0 Å². The molecule has 0 aromatic carbocycles. The quantitative estimate of drug-likeness (QED) is 0.560. The fraction of sp³-hybridized carbons (Fsp3) is 0.143. The van der Waals surface area contributed by atoms with Crippen molar-refractivity contribution in [3.05, 3.63) is 31.1 Å². The molecular weight excluding hydrogens is 116 g/mol. The smallest absolute Gasteiger partial charge is 0.197 e. The lowest BCUT2D eigenvalue weighted by Gasteiger charge is -1.86. The van der Waals surface area contributed by atoms with Gasteiger partial charge in [0.25, 0.3) is 0 Å². The van der Waals surface area contributed by atoms with Crippen LogP contribution in [0.5, 0.6) is 0 Å². The van der Waals surface area contributed by atoms with Crippen LogP contribution in [0.4, 0.5) is 0 Å². The van der Waals surface area contributed by atoms with Crippen LogP contribution in [-0.4, -0.2) is 5.78 Å². The fourth-order valence-electron chi connectivity index (χ4n) is 0.560. The molecule has 0 spiro atoms.